The van der Waals surface area contributed by atoms with Gasteiger partial charge in [0.1, 0.15) is 16.1 Å². The Morgan fingerprint density at radius 1 is 1.00 bits per heavy atom. The standard InChI is InChI=1S/C11H7Cl3N2S/c12-7-2-1-3-8(4-7)17-6-11-15-9(13)5-10(14)16-11/h1-5H,6H2. The molecule has 2 aromatic rings. The molecule has 1 heterocycles. The number of hydrogen-bond donors (Lipinski definition) is 0. The summed E-state index contributed by atoms with van der Waals surface area (Å²) in [7, 11) is 0. The lowest BCUT2D eigenvalue weighted by atomic mass is 10.4. The second-order valence-electron chi connectivity index (χ2n) is 3.18. The van der Waals surface area contributed by atoms with Crippen LogP contribution in [0.25, 0.3) is 0 Å². The number of benzene rings is 1. The molecule has 17 heavy (non-hydrogen) atoms. The Morgan fingerprint density at radius 3 is 2.35 bits per heavy atom. The SMILES string of the molecule is Clc1cccc(SCc2nc(Cl)cc(Cl)n2)c1. The molecule has 0 aliphatic rings. The third-order valence-electron chi connectivity index (χ3n) is 1.87. The molecule has 2 nitrogen and oxygen atoms in total. The second kappa shape index (κ2) is 5.91. The zero-order valence-electron chi connectivity index (χ0n) is 8.53. The molecule has 0 spiro atoms. The number of halogens is 3. The Kier molecular flexibility index (Phi) is 4.51. The molecule has 0 saturated heterocycles. The largest absolute Gasteiger partial charge is 0.220 e. The highest BCUT2D eigenvalue weighted by molar-refractivity contribution is 7.98. The fourth-order valence-corrected chi connectivity index (χ4v) is 2.73. The molecule has 0 fully saturated rings. The van der Waals surface area contributed by atoms with E-state index in [1.54, 1.807) is 11.8 Å². The van der Waals surface area contributed by atoms with Crippen LogP contribution in [0.5, 0.6) is 0 Å². The van der Waals surface area contributed by atoms with Gasteiger partial charge in [0.15, 0.2) is 0 Å². The molecule has 88 valence electrons. The molecule has 0 unspecified atom stereocenters. The molecule has 0 saturated carbocycles. The van der Waals surface area contributed by atoms with Crippen LogP contribution in [-0.2, 0) is 5.75 Å². The fourth-order valence-electron chi connectivity index (χ4n) is 1.20. The van der Waals surface area contributed by atoms with Crippen molar-refractivity contribution < 1.29 is 0 Å². The first-order valence-corrected chi connectivity index (χ1v) is 6.83. The summed E-state index contributed by atoms with van der Waals surface area (Å²) in [5.74, 6) is 1.20. The summed E-state index contributed by atoms with van der Waals surface area (Å²) < 4.78 is 0. The summed E-state index contributed by atoms with van der Waals surface area (Å²) in [4.78, 5) is 9.23. The molecule has 0 N–H and O–H groups in total. The summed E-state index contributed by atoms with van der Waals surface area (Å²) in [5, 5.41) is 1.42. The Hall–Kier alpha value is -0.480. The van der Waals surface area contributed by atoms with Crippen LogP contribution in [0, 0.1) is 0 Å². The van der Waals surface area contributed by atoms with Gasteiger partial charge in [-0.05, 0) is 18.2 Å². The molecule has 1 aromatic heterocycles. The highest BCUT2D eigenvalue weighted by atomic mass is 35.5. The first-order chi connectivity index (χ1) is 8.13. The summed E-state index contributed by atoms with van der Waals surface area (Å²) in [5.41, 5.74) is 0. The molecular formula is C11H7Cl3N2S. The summed E-state index contributed by atoms with van der Waals surface area (Å²) >= 11 is 19.1. The van der Waals surface area contributed by atoms with Crippen molar-refractivity contribution >= 4 is 46.6 Å². The minimum atomic E-state index is 0.353. The van der Waals surface area contributed by atoms with Crippen LogP contribution >= 0.6 is 46.6 Å². The van der Waals surface area contributed by atoms with E-state index >= 15 is 0 Å². The molecule has 0 aliphatic heterocycles. The quantitative estimate of drug-likeness (QED) is 0.605. The topological polar surface area (TPSA) is 25.8 Å². The monoisotopic (exact) mass is 304 g/mol. The van der Waals surface area contributed by atoms with Crippen LogP contribution in [-0.4, -0.2) is 9.97 Å². The molecule has 0 aliphatic carbocycles. The predicted molar refractivity (Wildman–Crippen MR) is 73.1 cm³/mol. The number of rotatable bonds is 3. The summed E-state index contributed by atoms with van der Waals surface area (Å²) in [6, 6.07) is 9.10. The van der Waals surface area contributed by atoms with Crippen molar-refractivity contribution in [3.05, 3.63) is 51.5 Å². The van der Waals surface area contributed by atoms with E-state index in [4.69, 9.17) is 34.8 Å². The van der Waals surface area contributed by atoms with Gasteiger partial charge in [-0.15, -0.1) is 11.8 Å². The molecule has 1 aromatic carbocycles. The van der Waals surface area contributed by atoms with E-state index in [0.29, 0.717) is 26.9 Å². The van der Waals surface area contributed by atoms with E-state index in [0.717, 1.165) is 4.90 Å². The smallest absolute Gasteiger partial charge is 0.142 e. The average Bonchev–Trinajstić information content (AvgIpc) is 2.25. The molecular weight excluding hydrogens is 299 g/mol. The number of aromatic nitrogens is 2. The van der Waals surface area contributed by atoms with Crippen LogP contribution in [0.15, 0.2) is 35.2 Å². The predicted octanol–water partition coefficient (Wildman–Crippen LogP) is 4.73. The fraction of sp³-hybridized carbons (Fsp3) is 0.0909. The summed E-state index contributed by atoms with van der Waals surface area (Å²) in [6.45, 7) is 0. The normalized spacial score (nSPS) is 10.5. The van der Waals surface area contributed by atoms with Gasteiger partial charge < -0.3 is 0 Å². The van der Waals surface area contributed by atoms with E-state index in [2.05, 4.69) is 9.97 Å². The van der Waals surface area contributed by atoms with E-state index in [-0.39, 0.29) is 0 Å². The van der Waals surface area contributed by atoms with E-state index in [1.165, 1.54) is 6.07 Å². The van der Waals surface area contributed by atoms with Gasteiger partial charge in [-0.3, -0.25) is 0 Å². The van der Waals surface area contributed by atoms with Crippen LogP contribution in [0.1, 0.15) is 5.82 Å². The minimum Gasteiger partial charge on any atom is -0.220 e. The van der Waals surface area contributed by atoms with E-state index in [9.17, 15) is 0 Å². The lowest BCUT2D eigenvalue weighted by Gasteiger charge is -2.02. The Labute approximate surface area is 118 Å². The molecule has 0 bridgehead atoms. The maximum atomic E-state index is 5.89. The van der Waals surface area contributed by atoms with Gasteiger partial charge in [-0.25, -0.2) is 9.97 Å². The van der Waals surface area contributed by atoms with Crippen LogP contribution in [0.4, 0.5) is 0 Å². The number of nitrogens with zero attached hydrogens (tertiary/aromatic N) is 2. The third kappa shape index (κ3) is 4.03. The van der Waals surface area contributed by atoms with Crippen molar-refractivity contribution in [2.45, 2.75) is 10.6 Å². The maximum Gasteiger partial charge on any atom is 0.142 e. The first-order valence-electron chi connectivity index (χ1n) is 4.71. The van der Waals surface area contributed by atoms with Crippen molar-refractivity contribution in [2.24, 2.45) is 0 Å². The number of thioether (sulfide) groups is 1. The van der Waals surface area contributed by atoms with Crippen molar-refractivity contribution in [3.8, 4) is 0 Å². The Balaban J connectivity index is 2.07. The lowest BCUT2D eigenvalue weighted by Crippen LogP contribution is -1.93. The molecule has 2 rings (SSSR count). The third-order valence-corrected chi connectivity index (χ3v) is 3.49. The Bertz CT molecular complexity index is 514. The van der Waals surface area contributed by atoms with Crippen LogP contribution in [0.2, 0.25) is 15.3 Å². The molecule has 0 radical (unpaired) electrons. The van der Waals surface area contributed by atoms with E-state index in [1.807, 2.05) is 24.3 Å². The van der Waals surface area contributed by atoms with Gasteiger partial charge in [-0.1, -0.05) is 40.9 Å². The van der Waals surface area contributed by atoms with Gasteiger partial charge in [0.2, 0.25) is 0 Å². The highest BCUT2D eigenvalue weighted by Crippen LogP contribution is 2.25. The van der Waals surface area contributed by atoms with Gasteiger partial charge >= 0.3 is 0 Å². The van der Waals surface area contributed by atoms with Crippen LogP contribution < -0.4 is 0 Å². The highest BCUT2D eigenvalue weighted by Gasteiger charge is 2.03. The van der Waals surface area contributed by atoms with Crippen molar-refractivity contribution in [3.63, 3.8) is 0 Å². The molecule has 6 heteroatoms. The summed E-state index contributed by atoms with van der Waals surface area (Å²) in [6.07, 6.45) is 0. The van der Waals surface area contributed by atoms with Crippen molar-refractivity contribution in [1.82, 2.24) is 9.97 Å². The molecule has 0 amide bonds. The second-order valence-corrected chi connectivity index (χ2v) is 5.44. The minimum absolute atomic E-state index is 0.353. The Morgan fingerprint density at radius 2 is 1.71 bits per heavy atom. The zero-order valence-corrected chi connectivity index (χ0v) is 11.6. The van der Waals surface area contributed by atoms with Gasteiger partial charge in [0, 0.05) is 16.0 Å². The van der Waals surface area contributed by atoms with Crippen molar-refractivity contribution in [1.29, 1.82) is 0 Å². The van der Waals surface area contributed by atoms with E-state index < -0.39 is 0 Å². The van der Waals surface area contributed by atoms with Crippen molar-refractivity contribution in [2.75, 3.05) is 0 Å². The van der Waals surface area contributed by atoms with Gasteiger partial charge in [0.25, 0.3) is 0 Å². The first kappa shape index (κ1) is 13.0. The number of hydrogen-bond acceptors (Lipinski definition) is 3. The van der Waals surface area contributed by atoms with Gasteiger partial charge in [-0.2, -0.15) is 0 Å². The average molecular weight is 306 g/mol. The zero-order chi connectivity index (χ0) is 12.3. The maximum absolute atomic E-state index is 5.89. The lowest BCUT2D eigenvalue weighted by molar-refractivity contribution is 1.03. The van der Waals surface area contributed by atoms with Gasteiger partial charge in [0.05, 0.1) is 5.75 Å². The van der Waals surface area contributed by atoms with Crippen LogP contribution in [0.3, 0.4) is 0 Å². The molecule has 0 atom stereocenters.